The molecule has 0 amide bonds. The highest BCUT2D eigenvalue weighted by atomic mass is 32.2. The molecular formula is C17H20OS. The summed E-state index contributed by atoms with van der Waals surface area (Å²) in [6.07, 6.45) is -0.414. The van der Waals surface area contributed by atoms with Crippen LogP contribution in [0.5, 0.6) is 0 Å². The molecule has 0 saturated carbocycles. The van der Waals surface area contributed by atoms with Crippen molar-refractivity contribution in [3.63, 3.8) is 0 Å². The Bertz CT molecular complexity index is 541. The molecule has 1 atom stereocenters. The Balaban J connectivity index is 2.14. The lowest BCUT2D eigenvalue weighted by Gasteiger charge is -2.11. The monoisotopic (exact) mass is 272 g/mol. The molecule has 0 fully saturated rings. The second-order valence-electron chi connectivity index (χ2n) is 5.00. The Labute approximate surface area is 119 Å². The van der Waals surface area contributed by atoms with Crippen molar-refractivity contribution in [3.8, 4) is 0 Å². The lowest BCUT2D eigenvalue weighted by molar-refractivity contribution is 0.196. The van der Waals surface area contributed by atoms with Crippen molar-refractivity contribution in [2.75, 3.05) is 0 Å². The van der Waals surface area contributed by atoms with Crippen LogP contribution in [0.1, 0.15) is 35.3 Å². The average molecular weight is 272 g/mol. The maximum absolute atomic E-state index is 9.78. The Hall–Kier alpha value is -1.25. The normalized spacial score (nSPS) is 12.4. The number of rotatable bonds is 4. The third-order valence-corrected chi connectivity index (χ3v) is 4.21. The summed E-state index contributed by atoms with van der Waals surface area (Å²) >= 11 is 1.79. The molecule has 100 valence electrons. The van der Waals surface area contributed by atoms with E-state index >= 15 is 0 Å². The summed E-state index contributed by atoms with van der Waals surface area (Å²) in [6, 6.07) is 14.7. The van der Waals surface area contributed by atoms with Crippen molar-refractivity contribution in [2.45, 2.75) is 37.5 Å². The van der Waals surface area contributed by atoms with Crippen molar-refractivity contribution < 1.29 is 5.11 Å². The summed E-state index contributed by atoms with van der Waals surface area (Å²) in [4.78, 5) is 1.16. The first kappa shape index (κ1) is 14.2. The van der Waals surface area contributed by atoms with Gasteiger partial charge in [0.25, 0.3) is 0 Å². The fourth-order valence-electron chi connectivity index (χ4n) is 2.27. The SMILES string of the molecule is Cc1cc(C)cc(CSc2ccccc2[C@H](C)O)c1. The smallest absolute Gasteiger partial charge is 0.0772 e. The summed E-state index contributed by atoms with van der Waals surface area (Å²) in [6.45, 7) is 6.08. The maximum Gasteiger partial charge on any atom is 0.0772 e. The van der Waals surface area contributed by atoms with Crippen LogP contribution in [-0.2, 0) is 5.75 Å². The number of thioether (sulfide) groups is 1. The number of hydrogen-bond donors (Lipinski definition) is 1. The number of aliphatic hydroxyl groups excluding tert-OH is 1. The third kappa shape index (κ3) is 3.85. The van der Waals surface area contributed by atoms with Crippen LogP contribution in [0.15, 0.2) is 47.4 Å². The molecule has 0 bridgehead atoms. The van der Waals surface area contributed by atoms with Crippen LogP contribution in [0.4, 0.5) is 0 Å². The van der Waals surface area contributed by atoms with Gasteiger partial charge in [-0.2, -0.15) is 0 Å². The first-order chi connectivity index (χ1) is 9.06. The number of aryl methyl sites for hydroxylation is 2. The molecule has 2 heteroatoms. The Morgan fingerprint density at radius 2 is 1.68 bits per heavy atom. The van der Waals surface area contributed by atoms with Gasteiger partial charge in [-0.15, -0.1) is 11.8 Å². The van der Waals surface area contributed by atoms with Crippen LogP contribution in [0.25, 0.3) is 0 Å². The van der Waals surface area contributed by atoms with E-state index in [0.717, 1.165) is 16.2 Å². The predicted molar refractivity (Wildman–Crippen MR) is 82.6 cm³/mol. The second-order valence-corrected chi connectivity index (χ2v) is 6.02. The van der Waals surface area contributed by atoms with Gasteiger partial charge in [-0.25, -0.2) is 0 Å². The minimum atomic E-state index is -0.414. The molecule has 1 N–H and O–H groups in total. The summed E-state index contributed by atoms with van der Waals surface area (Å²) in [5, 5.41) is 9.78. The van der Waals surface area contributed by atoms with Crippen LogP contribution in [0.3, 0.4) is 0 Å². The summed E-state index contributed by atoms with van der Waals surface area (Å²) in [7, 11) is 0. The number of hydrogen-bond acceptors (Lipinski definition) is 2. The highest BCUT2D eigenvalue weighted by Crippen LogP contribution is 2.30. The summed E-state index contributed by atoms with van der Waals surface area (Å²) < 4.78 is 0. The van der Waals surface area contributed by atoms with Crippen LogP contribution in [0.2, 0.25) is 0 Å². The molecule has 1 nitrogen and oxygen atoms in total. The topological polar surface area (TPSA) is 20.2 Å². The summed E-state index contributed by atoms with van der Waals surface area (Å²) in [5.74, 6) is 0.937. The second kappa shape index (κ2) is 6.27. The number of aliphatic hydroxyl groups is 1. The van der Waals surface area contributed by atoms with E-state index < -0.39 is 6.10 Å². The summed E-state index contributed by atoms with van der Waals surface area (Å²) in [5.41, 5.74) is 4.96. The van der Waals surface area contributed by atoms with Gasteiger partial charge in [0.2, 0.25) is 0 Å². The van der Waals surface area contributed by atoms with Gasteiger partial charge in [0, 0.05) is 10.6 Å². The van der Waals surface area contributed by atoms with E-state index in [-0.39, 0.29) is 0 Å². The average Bonchev–Trinajstić information content (AvgIpc) is 2.35. The van der Waals surface area contributed by atoms with Gasteiger partial charge in [-0.3, -0.25) is 0 Å². The van der Waals surface area contributed by atoms with E-state index in [2.05, 4.69) is 38.1 Å². The first-order valence-electron chi connectivity index (χ1n) is 6.53. The number of benzene rings is 2. The van der Waals surface area contributed by atoms with Gasteiger partial charge in [0.05, 0.1) is 6.10 Å². The predicted octanol–water partition coefficient (Wildman–Crippen LogP) is 4.65. The van der Waals surface area contributed by atoms with E-state index in [1.54, 1.807) is 11.8 Å². The molecule has 0 saturated heterocycles. The lowest BCUT2D eigenvalue weighted by Crippen LogP contribution is -1.94. The Morgan fingerprint density at radius 3 is 2.32 bits per heavy atom. The minimum Gasteiger partial charge on any atom is -0.389 e. The van der Waals surface area contributed by atoms with Crippen molar-refractivity contribution in [2.24, 2.45) is 0 Å². The first-order valence-corrected chi connectivity index (χ1v) is 7.52. The van der Waals surface area contributed by atoms with E-state index in [9.17, 15) is 5.11 Å². The van der Waals surface area contributed by atoms with Gasteiger partial charge >= 0.3 is 0 Å². The molecule has 0 heterocycles. The van der Waals surface area contributed by atoms with Crippen molar-refractivity contribution >= 4 is 11.8 Å². The molecule has 2 rings (SSSR count). The maximum atomic E-state index is 9.78. The van der Waals surface area contributed by atoms with Gasteiger partial charge in [-0.05, 0) is 38.0 Å². The molecular weight excluding hydrogens is 252 g/mol. The zero-order valence-corrected chi connectivity index (χ0v) is 12.5. The van der Waals surface area contributed by atoms with E-state index in [4.69, 9.17) is 0 Å². The quantitative estimate of drug-likeness (QED) is 0.818. The third-order valence-electron chi connectivity index (χ3n) is 3.04. The Morgan fingerprint density at radius 1 is 1.05 bits per heavy atom. The van der Waals surface area contributed by atoms with Crippen LogP contribution in [0, 0.1) is 13.8 Å². The van der Waals surface area contributed by atoms with Crippen molar-refractivity contribution in [1.29, 1.82) is 0 Å². The molecule has 0 aromatic heterocycles. The fourth-order valence-corrected chi connectivity index (χ4v) is 3.34. The van der Waals surface area contributed by atoms with Crippen LogP contribution in [-0.4, -0.2) is 5.11 Å². The standard InChI is InChI=1S/C17H20OS/c1-12-8-13(2)10-15(9-12)11-19-17-7-5-4-6-16(17)14(3)18/h4-10,14,18H,11H2,1-3H3/t14-/m0/s1. The van der Waals surface area contributed by atoms with Gasteiger partial charge < -0.3 is 5.11 Å². The molecule has 0 aliphatic carbocycles. The minimum absolute atomic E-state index is 0.414. The van der Waals surface area contributed by atoms with Crippen LogP contribution < -0.4 is 0 Å². The lowest BCUT2D eigenvalue weighted by atomic mass is 10.1. The van der Waals surface area contributed by atoms with Gasteiger partial charge in [0.1, 0.15) is 0 Å². The van der Waals surface area contributed by atoms with Gasteiger partial charge in [-0.1, -0.05) is 47.5 Å². The molecule has 2 aromatic carbocycles. The highest BCUT2D eigenvalue weighted by molar-refractivity contribution is 7.98. The van der Waals surface area contributed by atoms with Crippen molar-refractivity contribution in [3.05, 3.63) is 64.7 Å². The largest absolute Gasteiger partial charge is 0.389 e. The van der Waals surface area contributed by atoms with E-state index in [0.29, 0.717) is 0 Å². The molecule has 0 spiro atoms. The molecule has 2 aromatic rings. The molecule has 0 aliphatic heterocycles. The fraction of sp³-hybridized carbons (Fsp3) is 0.294. The van der Waals surface area contributed by atoms with Crippen molar-refractivity contribution in [1.82, 2.24) is 0 Å². The van der Waals surface area contributed by atoms with E-state index in [1.165, 1.54) is 16.7 Å². The zero-order chi connectivity index (χ0) is 13.8. The molecule has 19 heavy (non-hydrogen) atoms. The highest BCUT2D eigenvalue weighted by Gasteiger charge is 2.07. The Kier molecular flexibility index (Phi) is 4.67. The van der Waals surface area contributed by atoms with Gasteiger partial charge in [0.15, 0.2) is 0 Å². The molecule has 0 unspecified atom stereocenters. The molecule has 0 radical (unpaired) electrons. The molecule has 0 aliphatic rings. The zero-order valence-electron chi connectivity index (χ0n) is 11.7. The van der Waals surface area contributed by atoms with E-state index in [1.807, 2.05) is 25.1 Å². The van der Waals surface area contributed by atoms with Crippen LogP contribution >= 0.6 is 11.8 Å².